The maximum atomic E-state index is 13.0. The van der Waals surface area contributed by atoms with Gasteiger partial charge in [-0.05, 0) is 67.6 Å². The van der Waals surface area contributed by atoms with Gasteiger partial charge in [-0.3, -0.25) is 4.79 Å². The van der Waals surface area contributed by atoms with E-state index in [0.717, 1.165) is 48.1 Å². The third kappa shape index (κ3) is 5.86. The predicted octanol–water partition coefficient (Wildman–Crippen LogP) is 4.12. The molecule has 7 heteroatoms. The van der Waals surface area contributed by atoms with Gasteiger partial charge in [-0.2, -0.15) is 0 Å². The van der Waals surface area contributed by atoms with Crippen LogP contribution in [0.5, 0.6) is 5.75 Å². The Kier molecular flexibility index (Phi) is 7.73. The number of ether oxygens (including phenoxy) is 1. The molecule has 0 spiro atoms. The van der Waals surface area contributed by atoms with E-state index >= 15 is 0 Å². The Bertz CT molecular complexity index is 1000. The SMILES string of the molecule is COc1ccc([C@H]2CCCCCN2C(=O)CCNS(=O)(=O)c2ccc(C)c(C)c2)cc1. The lowest BCUT2D eigenvalue weighted by molar-refractivity contribution is -0.133. The first-order chi connectivity index (χ1) is 14.8. The number of hydrogen-bond acceptors (Lipinski definition) is 4. The first-order valence-electron chi connectivity index (χ1n) is 10.8. The molecule has 168 valence electrons. The predicted molar refractivity (Wildman–Crippen MR) is 122 cm³/mol. The van der Waals surface area contributed by atoms with Crippen LogP contribution in [0.4, 0.5) is 0 Å². The minimum absolute atomic E-state index is 0.0114. The van der Waals surface area contributed by atoms with Crippen LogP contribution in [0.25, 0.3) is 0 Å². The van der Waals surface area contributed by atoms with Crippen molar-refractivity contribution in [3.63, 3.8) is 0 Å². The number of rotatable bonds is 7. The van der Waals surface area contributed by atoms with Gasteiger partial charge < -0.3 is 9.64 Å². The normalized spacial score (nSPS) is 17.3. The number of benzene rings is 2. The van der Waals surface area contributed by atoms with Crippen LogP contribution in [0, 0.1) is 13.8 Å². The summed E-state index contributed by atoms with van der Waals surface area (Å²) in [5, 5.41) is 0. The molecular formula is C24H32N2O4S. The van der Waals surface area contributed by atoms with Gasteiger partial charge in [0.2, 0.25) is 15.9 Å². The van der Waals surface area contributed by atoms with Gasteiger partial charge in [-0.15, -0.1) is 0 Å². The summed E-state index contributed by atoms with van der Waals surface area (Å²) in [5.41, 5.74) is 3.05. The van der Waals surface area contributed by atoms with Gasteiger partial charge >= 0.3 is 0 Å². The van der Waals surface area contributed by atoms with Gasteiger partial charge in [-0.25, -0.2) is 13.1 Å². The van der Waals surface area contributed by atoms with Gasteiger partial charge in [0.05, 0.1) is 18.0 Å². The second-order valence-corrected chi connectivity index (χ2v) is 9.89. The van der Waals surface area contributed by atoms with Gasteiger partial charge in [0, 0.05) is 19.5 Å². The van der Waals surface area contributed by atoms with Crippen molar-refractivity contribution in [1.82, 2.24) is 9.62 Å². The van der Waals surface area contributed by atoms with Crippen molar-refractivity contribution in [2.75, 3.05) is 20.2 Å². The highest BCUT2D eigenvalue weighted by molar-refractivity contribution is 7.89. The number of methoxy groups -OCH3 is 1. The maximum absolute atomic E-state index is 13.0. The standard InChI is InChI=1S/C24H32N2O4S/c1-18-8-13-22(17-19(18)2)31(28,29)25-15-14-24(27)26-16-6-4-5-7-23(26)20-9-11-21(30-3)12-10-20/h8-13,17,23,25H,4-7,14-16H2,1-3H3/t23-/m1/s1. The van der Waals surface area contributed by atoms with Crippen LogP contribution in [0.2, 0.25) is 0 Å². The highest BCUT2D eigenvalue weighted by Gasteiger charge is 2.27. The van der Waals surface area contributed by atoms with Crippen molar-refractivity contribution in [3.8, 4) is 5.75 Å². The fourth-order valence-electron chi connectivity index (χ4n) is 3.98. The van der Waals surface area contributed by atoms with Crippen LogP contribution in [0.3, 0.4) is 0 Å². The largest absolute Gasteiger partial charge is 0.497 e. The number of nitrogens with zero attached hydrogens (tertiary/aromatic N) is 1. The molecule has 1 heterocycles. The fraction of sp³-hybridized carbons (Fsp3) is 0.458. The lowest BCUT2D eigenvalue weighted by Gasteiger charge is -2.31. The molecule has 0 aromatic heterocycles. The van der Waals surface area contributed by atoms with E-state index < -0.39 is 10.0 Å². The molecule has 0 bridgehead atoms. The lowest BCUT2D eigenvalue weighted by Crippen LogP contribution is -2.37. The second kappa shape index (κ2) is 10.3. The van der Waals surface area contributed by atoms with Crippen molar-refractivity contribution < 1.29 is 17.9 Å². The summed E-state index contributed by atoms with van der Waals surface area (Å²) < 4.78 is 33.0. The topological polar surface area (TPSA) is 75.7 Å². The Balaban J connectivity index is 1.66. The number of likely N-dealkylation sites (tertiary alicyclic amines) is 1. The Labute approximate surface area is 185 Å². The Morgan fingerprint density at radius 3 is 2.48 bits per heavy atom. The third-order valence-corrected chi connectivity index (χ3v) is 7.45. The van der Waals surface area contributed by atoms with E-state index in [1.165, 1.54) is 0 Å². The Morgan fingerprint density at radius 2 is 1.81 bits per heavy atom. The summed E-state index contributed by atoms with van der Waals surface area (Å²) in [5.74, 6) is 0.765. The number of nitrogens with one attached hydrogen (secondary N) is 1. The minimum atomic E-state index is -3.64. The molecule has 2 aromatic rings. The first-order valence-corrected chi connectivity index (χ1v) is 12.3. The van der Waals surface area contributed by atoms with Crippen molar-refractivity contribution in [2.24, 2.45) is 0 Å². The average Bonchev–Trinajstić information content (AvgIpc) is 3.01. The van der Waals surface area contributed by atoms with E-state index in [1.807, 2.05) is 43.0 Å². The van der Waals surface area contributed by atoms with Crippen molar-refractivity contribution in [3.05, 3.63) is 59.2 Å². The zero-order chi connectivity index (χ0) is 22.4. The number of hydrogen-bond donors (Lipinski definition) is 1. The van der Waals surface area contributed by atoms with E-state index in [1.54, 1.807) is 25.3 Å². The van der Waals surface area contributed by atoms with Gasteiger partial charge in [0.1, 0.15) is 5.75 Å². The highest BCUT2D eigenvalue weighted by Crippen LogP contribution is 2.31. The van der Waals surface area contributed by atoms with Gasteiger partial charge in [-0.1, -0.05) is 31.0 Å². The first kappa shape index (κ1) is 23.3. The molecule has 31 heavy (non-hydrogen) atoms. The zero-order valence-electron chi connectivity index (χ0n) is 18.6. The van der Waals surface area contributed by atoms with E-state index in [0.29, 0.717) is 6.54 Å². The second-order valence-electron chi connectivity index (χ2n) is 8.12. The molecule has 1 amide bonds. The quantitative estimate of drug-likeness (QED) is 0.697. The Morgan fingerprint density at radius 1 is 1.06 bits per heavy atom. The zero-order valence-corrected chi connectivity index (χ0v) is 19.4. The minimum Gasteiger partial charge on any atom is -0.497 e. The smallest absolute Gasteiger partial charge is 0.240 e. The molecule has 0 unspecified atom stereocenters. The number of carbonyl (C=O) groups is 1. The molecule has 6 nitrogen and oxygen atoms in total. The summed E-state index contributed by atoms with van der Waals surface area (Å²) in [7, 11) is -2.01. The van der Waals surface area contributed by atoms with Crippen LogP contribution in [0.1, 0.15) is 54.8 Å². The number of aryl methyl sites for hydroxylation is 2. The maximum Gasteiger partial charge on any atom is 0.240 e. The summed E-state index contributed by atoms with van der Waals surface area (Å²) in [6.45, 7) is 4.61. The third-order valence-electron chi connectivity index (χ3n) is 5.99. The van der Waals surface area contributed by atoms with E-state index in [4.69, 9.17) is 4.74 Å². The molecule has 1 aliphatic rings. The molecule has 0 radical (unpaired) electrons. The monoisotopic (exact) mass is 444 g/mol. The molecule has 3 rings (SSSR count). The molecule has 1 N–H and O–H groups in total. The summed E-state index contributed by atoms with van der Waals surface area (Å²) in [6, 6.07) is 12.9. The number of sulfonamides is 1. The van der Waals surface area contributed by atoms with Crippen LogP contribution >= 0.6 is 0 Å². The summed E-state index contributed by atoms with van der Waals surface area (Å²) >= 11 is 0. The van der Waals surface area contributed by atoms with Crippen molar-refractivity contribution >= 4 is 15.9 Å². The average molecular weight is 445 g/mol. The molecule has 0 aliphatic carbocycles. The van der Waals surface area contributed by atoms with Crippen LogP contribution in [-0.4, -0.2) is 39.4 Å². The molecule has 1 saturated heterocycles. The van der Waals surface area contributed by atoms with Crippen LogP contribution < -0.4 is 9.46 Å². The van der Waals surface area contributed by atoms with E-state index in [9.17, 15) is 13.2 Å². The number of amides is 1. The van der Waals surface area contributed by atoms with E-state index in [2.05, 4.69) is 4.72 Å². The lowest BCUT2D eigenvalue weighted by atomic mass is 10.0. The Hall–Kier alpha value is -2.38. The van der Waals surface area contributed by atoms with Crippen LogP contribution in [-0.2, 0) is 14.8 Å². The molecule has 1 atom stereocenters. The van der Waals surface area contributed by atoms with Crippen LogP contribution in [0.15, 0.2) is 47.4 Å². The summed E-state index contributed by atoms with van der Waals surface area (Å²) in [4.78, 5) is 15.2. The number of carbonyl (C=O) groups excluding carboxylic acids is 1. The van der Waals surface area contributed by atoms with Gasteiger partial charge in [0.25, 0.3) is 0 Å². The molecule has 1 aliphatic heterocycles. The molecule has 0 saturated carbocycles. The molecular weight excluding hydrogens is 412 g/mol. The van der Waals surface area contributed by atoms with Crippen molar-refractivity contribution in [1.29, 1.82) is 0 Å². The van der Waals surface area contributed by atoms with Gasteiger partial charge in [0.15, 0.2) is 0 Å². The molecule has 2 aromatic carbocycles. The summed E-state index contributed by atoms with van der Waals surface area (Å²) in [6.07, 6.45) is 4.17. The fourth-order valence-corrected chi connectivity index (χ4v) is 5.10. The van der Waals surface area contributed by atoms with Crippen molar-refractivity contribution in [2.45, 2.75) is 56.9 Å². The molecule has 1 fully saturated rings. The van der Waals surface area contributed by atoms with E-state index in [-0.39, 0.29) is 29.8 Å². The highest BCUT2D eigenvalue weighted by atomic mass is 32.2.